The molecule has 0 aliphatic rings. The molecule has 33 heavy (non-hydrogen) atoms. The van der Waals surface area contributed by atoms with Gasteiger partial charge in [-0.2, -0.15) is 0 Å². The Kier molecular flexibility index (Phi) is 26.5. The molecule has 1 nitrogen and oxygen atoms in total. The molecule has 1 atom stereocenters. The van der Waals surface area contributed by atoms with Gasteiger partial charge in [-0.3, -0.25) is 0 Å². The largest absolute Gasteiger partial charge is 0.326 e. The Balaban J connectivity index is 3.87. The van der Waals surface area contributed by atoms with E-state index in [-0.39, 0.29) is 0 Å². The zero-order valence-corrected chi connectivity index (χ0v) is 24.2. The summed E-state index contributed by atoms with van der Waals surface area (Å²) in [4.78, 5) is 0. The van der Waals surface area contributed by atoms with Gasteiger partial charge in [-0.1, -0.05) is 143 Å². The van der Waals surface area contributed by atoms with Crippen LogP contribution in [0, 0.1) is 0 Å². The summed E-state index contributed by atoms with van der Waals surface area (Å²) in [5.41, 5.74) is 0. The van der Waals surface area contributed by atoms with Crippen LogP contribution in [0.3, 0.4) is 0 Å². The molecule has 0 N–H and O–H groups in total. The van der Waals surface area contributed by atoms with Crippen LogP contribution in [0.15, 0.2) is 0 Å². The highest BCUT2D eigenvalue weighted by molar-refractivity contribution is 4.52. The zero-order chi connectivity index (χ0) is 24.3. The van der Waals surface area contributed by atoms with Gasteiger partial charge < -0.3 is 4.48 Å². The molecule has 0 fully saturated rings. The summed E-state index contributed by atoms with van der Waals surface area (Å²) in [6.45, 7) is 11.2. The zero-order valence-electron chi connectivity index (χ0n) is 24.2. The molecule has 0 spiro atoms. The molecule has 1 heteroatoms. The number of hydrogen-bond donors (Lipinski definition) is 0. The van der Waals surface area contributed by atoms with Crippen LogP contribution in [-0.2, 0) is 0 Å². The van der Waals surface area contributed by atoms with Crippen LogP contribution in [0.1, 0.15) is 181 Å². The van der Waals surface area contributed by atoms with E-state index in [4.69, 9.17) is 0 Å². The van der Waals surface area contributed by atoms with Crippen molar-refractivity contribution in [2.24, 2.45) is 0 Å². The number of nitrogens with zero attached hydrogens (tertiary/aromatic N) is 1. The van der Waals surface area contributed by atoms with E-state index in [0.717, 1.165) is 0 Å². The third-order valence-corrected chi connectivity index (χ3v) is 7.90. The van der Waals surface area contributed by atoms with Gasteiger partial charge in [0.1, 0.15) is 0 Å². The van der Waals surface area contributed by atoms with Crippen LogP contribution in [-0.4, -0.2) is 31.2 Å². The summed E-state index contributed by atoms with van der Waals surface area (Å²) in [5, 5.41) is 0. The topological polar surface area (TPSA) is 0 Å². The fourth-order valence-corrected chi connectivity index (χ4v) is 5.39. The molecular formula is C32H68N+. The first-order valence-electron chi connectivity index (χ1n) is 16.0. The molecule has 0 aromatic heterocycles. The van der Waals surface area contributed by atoms with Crippen molar-refractivity contribution >= 4 is 0 Å². The lowest BCUT2D eigenvalue weighted by Crippen LogP contribution is -2.46. The van der Waals surface area contributed by atoms with Crippen LogP contribution in [0.25, 0.3) is 0 Å². The first-order chi connectivity index (χ1) is 16.2. The van der Waals surface area contributed by atoms with Gasteiger partial charge in [-0.15, -0.1) is 0 Å². The van der Waals surface area contributed by atoms with Gasteiger partial charge in [-0.05, 0) is 38.5 Å². The van der Waals surface area contributed by atoms with Crippen molar-refractivity contribution in [2.45, 2.75) is 181 Å². The number of hydrogen-bond acceptors (Lipinski definition) is 0. The second kappa shape index (κ2) is 26.6. The van der Waals surface area contributed by atoms with Gasteiger partial charge in [0.2, 0.25) is 0 Å². The number of unbranched alkanes of at least 4 members (excludes halogenated alkanes) is 22. The van der Waals surface area contributed by atoms with Gasteiger partial charge in [0.15, 0.2) is 0 Å². The van der Waals surface area contributed by atoms with E-state index in [0.29, 0.717) is 0 Å². The predicted molar refractivity (Wildman–Crippen MR) is 153 cm³/mol. The molecule has 0 heterocycles. The molecule has 0 radical (unpaired) electrons. The van der Waals surface area contributed by atoms with Crippen LogP contribution < -0.4 is 0 Å². The number of rotatable bonds is 28. The van der Waals surface area contributed by atoms with E-state index in [1.54, 1.807) is 0 Å². The van der Waals surface area contributed by atoms with Crippen molar-refractivity contribution in [3.05, 3.63) is 0 Å². The second-order valence-electron chi connectivity index (χ2n) is 11.6. The number of quaternary nitrogens is 1. The lowest BCUT2D eigenvalue weighted by molar-refractivity contribution is -0.910. The summed E-state index contributed by atoms with van der Waals surface area (Å²) in [7, 11) is 2.58. The maximum Gasteiger partial charge on any atom is 0.0784 e. The van der Waals surface area contributed by atoms with Crippen molar-refractivity contribution in [3.63, 3.8) is 0 Å². The predicted octanol–water partition coefficient (Wildman–Crippen LogP) is 11.2. The third-order valence-electron chi connectivity index (χ3n) is 7.90. The monoisotopic (exact) mass is 467 g/mol. The molecule has 200 valence electrons. The van der Waals surface area contributed by atoms with Gasteiger partial charge in [0, 0.05) is 0 Å². The van der Waals surface area contributed by atoms with E-state index in [9.17, 15) is 0 Å². The Bertz CT molecular complexity index is 352. The van der Waals surface area contributed by atoms with E-state index in [1.807, 2.05) is 0 Å². The quantitative estimate of drug-likeness (QED) is 0.0794. The highest BCUT2D eigenvalue weighted by atomic mass is 15.3. The minimum Gasteiger partial charge on any atom is -0.326 e. The van der Waals surface area contributed by atoms with E-state index < -0.39 is 0 Å². The molecule has 0 aliphatic carbocycles. The van der Waals surface area contributed by atoms with Crippen molar-refractivity contribution in [3.8, 4) is 0 Å². The lowest BCUT2D eigenvalue weighted by atomic mass is 10.0. The maximum absolute atomic E-state index is 2.58. The van der Waals surface area contributed by atoms with Crippen LogP contribution >= 0.6 is 0 Å². The minimum atomic E-state index is 1.36. The van der Waals surface area contributed by atoms with Gasteiger partial charge in [0.25, 0.3) is 0 Å². The van der Waals surface area contributed by atoms with E-state index in [1.165, 1.54) is 185 Å². The molecule has 0 bridgehead atoms. The summed E-state index contributed by atoms with van der Waals surface area (Å²) in [6, 6.07) is 0. The maximum atomic E-state index is 2.58. The molecular weight excluding hydrogens is 398 g/mol. The van der Waals surface area contributed by atoms with Crippen LogP contribution in [0.4, 0.5) is 0 Å². The van der Waals surface area contributed by atoms with Crippen LogP contribution in [0.2, 0.25) is 0 Å². The average molecular weight is 467 g/mol. The smallest absolute Gasteiger partial charge is 0.0784 e. The van der Waals surface area contributed by atoms with Crippen LogP contribution in [0.5, 0.6) is 0 Å². The Morgan fingerprint density at radius 1 is 0.273 bits per heavy atom. The molecule has 0 amide bonds. The van der Waals surface area contributed by atoms with Crippen molar-refractivity contribution in [2.75, 3.05) is 26.7 Å². The first-order valence-corrected chi connectivity index (χ1v) is 16.0. The molecule has 0 rings (SSSR count). The summed E-state index contributed by atoms with van der Waals surface area (Å²) in [6.07, 6.45) is 36.3. The molecule has 1 unspecified atom stereocenters. The van der Waals surface area contributed by atoms with Gasteiger partial charge >= 0.3 is 0 Å². The van der Waals surface area contributed by atoms with Gasteiger partial charge in [-0.25, -0.2) is 0 Å². The molecule has 0 saturated carbocycles. The lowest BCUT2D eigenvalue weighted by Gasteiger charge is -2.35. The third kappa shape index (κ3) is 24.9. The Hall–Kier alpha value is -0.0400. The highest BCUT2D eigenvalue weighted by Crippen LogP contribution is 2.17. The molecule has 0 aliphatic heterocycles. The molecule has 0 aromatic carbocycles. The Morgan fingerprint density at radius 2 is 0.455 bits per heavy atom. The molecule has 0 aromatic rings. The summed E-state index contributed by atoms with van der Waals surface area (Å²) < 4.78 is 1.36. The minimum absolute atomic E-state index is 1.36. The average Bonchev–Trinajstić information content (AvgIpc) is 2.81. The van der Waals surface area contributed by atoms with Crippen molar-refractivity contribution < 1.29 is 4.48 Å². The van der Waals surface area contributed by atoms with Gasteiger partial charge in [0.05, 0.1) is 26.7 Å². The first kappa shape index (κ1) is 33.0. The van der Waals surface area contributed by atoms with E-state index in [2.05, 4.69) is 27.8 Å². The van der Waals surface area contributed by atoms with Crippen molar-refractivity contribution in [1.29, 1.82) is 0 Å². The van der Waals surface area contributed by atoms with Crippen molar-refractivity contribution in [1.82, 2.24) is 0 Å². The Morgan fingerprint density at radius 3 is 0.697 bits per heavy atom. The second-order valence-corrected chi connectivity index (χ2v) is 11.6. The summed E-state index contributed by atoms with van der Waals surface area (Å²) >= 11 is 0. The fraction of sp³-hybridized carbons (Fsp3) is 1.00. The SMILES string of the molecule is CCCCCCCCCCCCC[N+](C)(CCCCCC)CCCCCCCCCCCC. The standard InChI is InChI=1S/C32H68N/c1-5-8-11-14-16-18-20-22-24-26-29-32-33(4,30-27-13-10-7-3)31-28-25-23-21-19-17-15-12-9-6-2/h5-32H2,1-4H3/q+1. The normalized spacial score (nSPS) is 13.5. The summed E-state index contributed by atoms with van der Waals surface area (Å²) in [5.74, 6) is 0. The fourth-order valence-electron chi connectivity index (χ4n) is 5.39. The Labute approximate surface area is 212 Å². The van der Waals surface area contributed by atoms with E-state index >= 15 is 0 Å². The highest BCUT2D eigenvalue weighted by Gasteiger charge is 2.20. The molecule has 0 saturated heterocycles.